The molecule has 0 saturated heterocycles. The van der Waals surface area contributed by atoms with Gasteiger partial charge in [-0.1, -0.05) is 6.07 Å². The highest BCUT2D eigenvalue weighted by atomic mass is 16.7. The number of nitrogens with zero attached hydrogens (tertiary/aromatic N) is 1. The van der Waals surface area contributed by atoms with Crippen molar-refractivity contribution in [2.24, 2.45) is 0 Å². The highest BCUT2D eigenvalue weighted by molar-refractivity contribution is 5.87. The van der Waals surface area contributed by atoms with Gasteiger partial charge in [-0.05, 0) is 41.8 Å². The van der Waals surface area contributed by atoms with Crippen LogP contribution in [0.2, 0.25) is 0 Å². The molecule has 2 aromatic carbocycles. The fourth-order valence-corrected chi connectivity index (χ4v) is 3.52. The van der Waals surface area contributed by atoms with Gasteiger partial charge >= 0.3 is 0 Å². The molecule has 3 aliphatic rings. The lowest BCUT2D eigenvalue weighted by atomic mass is 9.90. The molecule has 0 unspecified atom stereocenters. The van der Waals surface area contributed by atoms with Crippen LogP contribution in [0, 0.1) is 0 Å². The Morgan fingerprint density at radius 1 is 1.12 bits per heavy atom. The van der Waals surface area contributed by atoms with Crippen molar-refractivity contribution in [2.45, 2.75) is 12.9 Å². The molecule has 5 nitrogen and oxygen atoms in total. The van der Waals surface area contributed by atoms with Gasteiger partial charge in [-0.2, -0.15) is 0 Å². The number of rotatable bonds is 2. The van der Waals surface area contributed by atoms with E-state index in [0.717, 1.165) is 16.7 Å². The topological polar surface area (TPSA) is 40.2 Å². The zero-order valence-electron chi connectivity index (χ0n) is 17.0. The van der Waals surface area contributed by atoms with Crippen LogP contribution in [0.1, 0.15) is 26.4 Å². The van der Waals surface area contributed by atoms with Crippen LogP contribution in [0.15, 0.2) is 24.3 Å². The average molecular weight is 340 g/mol. The fourth-order valence-electron chi connectivity index (χ4n) is 3.52. The molecular formula is C20H19NO4. The predicted octanol–water partition coefficient (Wildman–Crippen LogP) is 3.30. The highest BCUT2D eigenvalue weighted by Crippen LogP contribution is 2.45. The van der Waals surface area contributed by atoms with Crippen molar-refractivity contribution < 1.29 is 23.1 Å². The third-order valence-corrected chi connectivity index (χ3v) is 4.74. The minimum absolute atomic E-state index is 0.146. The molecular weight excluding hydrogens is 318 g/mol. The molecule has 128 valence electrons. The Morgan fingerprint density at radius 3 is 2.76 bits per heavy atom. The van der Waals surface area contributed by atoms with E-state index in [2.05, 4.69) is 0 Å². The molecule has 0 radical (unpaired) electrons. The third-order valence-electron chi connectivity index (χ3n) is 4.74. The molecule has 0 fully saturated rings. The SMILES string of the molecule is [2H][C@H]1c2c(ccc(OC)c2OC)C=C2c3cc4c(cc3CC([2H])([2H])N21)OCO4. The van der Waals surface area contributed by atoms with E-state index in [1.807, 2.05) is 24.3 Å². The minimum Gasteiger partial charge on any atom is -0.493 e. The first-order valence-corrected chi connectivity index (χ1v) is 8.05. The zero-order valence-corrected chi connectivity index (χ0v) is 14.0. The van der Waals surface area contributed by atoms with Crippen molar-refractivity contribution >= 4 is 11.8 Å². The standard InChI is InChI=1S/C20H19NO4/c1-22-17-4-3-12-7-16-14-9-19-18(24-11-25-19)8-13(14)5-6-21(16)10-15(12)20(17)23-2/h3-4,7-9H,5-6,10-11H2,1-2H3/i6D2,10D/t10-/m0/s1. The van der Waals surface area contributed by atoms with Crippen LogP contribution in [-0.4, -0.2) is 32.4 Å². The van der Waals surface area contributed by atoms with Gasteiger partial charge in [0, 0.05) is 32.6 Å². The normalized spacial score (nSPS) is 23.3. The number of aryl methyl sites for hydroxylation is 1. The first-order chi connectivity index (χ1) is 13.4. The van der Waals surface area contributed by atoms with Crippen LogP contribution in [0.5, 0.6) is 23.0 Å². The lowest BCUT2D eigenvalue weighted by Gasteiger charge is -2.37. The van der Waals surface area contributed by atoms with Crippen molar-refractivity contribution in [3.8, 4) is 23.0 Å². The van der Waals surface area contributed by atoms with E-state index in [1.54, 1.807) is 13.2 Å². The molecule has 1 atom stereocenters. The molecule has 3 heterocycles. The van der Waals surface area contributed by atoms with Crippen LogP contribution in [0.4, 0.5) is 0 Å². The second-order valence-corrected chi connectivity index (χ2v) is 6.03. The Labute approximate surface area is 150 Å². The number of benzene rings is 2. The van der Waals surface area contributed by atoms with Crippen LogP contribution >= 0.6 is 0 Å². The van der Waals surface area contributed by atoms with Crippen molar-refractivity contribution in [1.29, 1.82) is 0 Å². The zero-order chi connectivity index (χ0) is 19.6. The predicted molar refractivity (Wildman–Crippen MR) is 94.1 cm³/mol. The molecule has 0 aliphatic carbocycles. The summed E-state index contributed by atoms with van der Waals surface area (Å²) in [4.78, 5) is 1.50. The molecule has 0 spiro atoms. The molecule has 0 bridgehead atoms. The Bertz CT molecular complexity index is 1020. The monoisotopic (exact) mass is 340 g/mol. The van der Waals surface area contributed by atoms with E-state index in [4.69, 9.17) is 23.1 Å². The second kappa shape index (κ2) is 5.34. The molecule has 3 aliphatic heterocycles. The smallest absolute Gasteiger partial charge is 0.231 e. The number of hydrogen-bond donors (Lipinski definition) is 0. The molecule has 0 aromatic heterocycles. The minimum atomic E-state index is -1.75. The molecule has 0 saturated carbocycles. The van der Waals surface area contributed by atoms with Crippen molar-refractivity contribution in [3.63, 3.8) is 0 Å². The molecule has 0 N–H and O–H groups in total. The van der Waals surface area contributed by atoms with Gasteiger partial charge in [0.1, 0.15) is 0 Å². The van der Waals surface area contributed by atoms with Gasteiger partial charge in [0.05, 0.1) is 15.6 Å². The summed E-state index contributed by atoms with van der Waals surface area (Å²) in [5.41, 5.74) is 3.76. The maximum Gasteiger partial charge on any atom is 0.231 e. The van der Waals surface area contributed by atoms with E-state index in [0.29, 0.717) is 34.3 Å². The Morgan fingerprint density at radius 2 is 1.96 bits per heavy atom. The summed E-state index contributed by atoms with van der Waals surface area (Å²) in [6, 6.07) is 7.40. The lowest BCUT2D eigenvalue weighted by Crippen LogP contribution is -2.31. The lowest BCUT2D eigenvalue weighted by molar-refractivity contribution is 0.174. The summed E-state index contributed by atoms with van der Waals surface area (Å²) < 4.78 is 48.1. The molecule has 5 heteroatoms. The maximum absolute atomic E-state index is 8.90. The summed E-state index contributed by atoms with van der Waals surface area (Å²) in [5.74, 6) is 2.26. The van der Waals surface area contributed by atoms with Gasteiger partial charge in [0.2, 0.25) is 6.79 Å². The van der Waals surface area contributed by atoms with Gasteiger partial charge < -0.3 is 23.8 Å². The summed E-state index contributed by atoms with van der Waals surface area (Å²) in [6.07, 6.45) is 2.05. The van der Waals surface area contributed by atoms with Gasteiger partial charge in [-0.15, -0.1) is 0 Å². The number of fused-ring (bicyclic) bond motifs is 5. The first-order valence-electron chi connectivity index (χ1n) is 9.63. The summed E-state index contributed by atoms with van der Waals surface area (Å²) in [5, 5.41) is 0. The summed E-state index contributed by atoms with van der Waals surface area (Å²) in [7, 11) is 3.08. The largest absolute Gasteiger partial charge is 0.493 e. The summed E-state index contributed by atoms with van der Waals surface area (Å²) in [6.45, 7) is -2.56. The molecule has 2 aromatic rings. The second-order valence-electron chi connectivity index (χ2n) is 6.03. The van der Waals surface area contributed by atoms with Gasteiger partial charge in [-0.3, -0.25) is 0 Å². The van der Waals surface area contributed by atoms with E-state index in [1.165, 1.54) is 12.0 Å². The highest BCUT2D eigenvalue weighted by Gasteiger charge is 2.30. The van der Waals surface area contributed by atoms with Crippen LogP contribution in [0.3, 0.4) is 0 Å². The average Bonchev–Trinajstić information content (AvgIpc) is 3.12. The van der Waals surface area contributed by atoms with E-state index in [9.17, 15) is 0 Å². The number of hydrogen-bond acceptors (Lipinski definition) is 5. The first kappa shape index (κ1) is 11.7. The Kier molecular flexibility index (Phi) is 2.50. The van der Waals surface area contributed by atoms with Crippen molar-refractivity contribution in [2.75, 3.05) is 27.5 Å². The van der Waals surface area contributed by atoms with Crippen molar-refractivity contribution in [3.05, 3.63) is 46.5 Å². The van der Waals surface area contributed by atoms with Crippen LogP contribution in [0.25, 0.3) is 11.8 Å². The van der Waals surface area contributed by atoms with E-state index >= 15 is 0 Å². The third kappa shape index (κ3) is 2.08. The Hall–Kier alpha value is -2.82. The summed E-state index contributed by atoms with van der Waals surface area (Å²) >= 11 is 0. The van der Waals surface area contributed by atoms with E-state index in [-0.39, 0.29) is 13.2 Å². The van der Waals surface area contributed by atoms with Gasteiger partial charge in [0.15, 0.2) is 23.0 Å². The number of methoxy groups -OCH3 is 2. The van der Waals surface area contributed by atoms with E-state index < -0.39 is 13.0 Å². The van der Waals surface area contributed by atoms with Gasteiger partial charge in [-0.25, -0.2) is 0 Å². The van der Waals surface area contributed by atoms with Gasteiger partial charge in [0.25, 0.3) is 0 Å². The maximum atomic E-state index is 8.90. The fraction of sp³-hybridized carbons (Fsp3) is 0.300. The molecule has 5 rings (SSSR count). The van der Waals surface area contributed by atoms with Crippen LogP contribution < -0.4 is 18.9 Å². The molecule has 0 amide bonds. The molecule has 25 heavy (non-hydrogen) atoms. The van der Waals surface area contributed by atoms with Crippen molar-refractivity contribution in [1.82, 2.24) is 4.90 Å². The quantitative estimate of drug-likeness (QED) is 0.839. The van der Waals surface area contributed by atoms with Crippen LogP contribution in [-0.2, 0) is 12.9 Å². The number of ether oxygens (including phenoxy) is 4. The Balaban J connectivity index is 1.76.